The van der Waals surface area contributed by atoms with Gasteiger partial charge in [0.2, 0.25) is 0 Å². The molecule has 1 aromatic rings. The summed E-state index contributed by atoms with van der Waals surface area (Å²) >= 11 is 3.55. The third kappa shape index (κ3) is 3.72. The minimum Gasteiger partial charge on any atom is -0.0814 e. The van der Waals surface area contributed by atoms with Crippen LogP contribution >= 0.6 is 15.9 Å². The van der Waals surface area contributed by atoms with Crippen molar-refractivity contribution in [3.63, 3.8) is 0 Å². The van der Waals surface area contributed by atoms with Gasteiger partial charge in [0, 0.05) is 4.32 Å². The molecule has 0 saturated heterocycles. The second-order valence-corrected chi connectivity index (χ2v) is 5.35. The van der Waals surface area contributed by atoms with E-state index in [-0.39, 0.29) is 4.32 Å². The number of allylic oxidation sites excluding steroid dienone is 1. The van der Waals surface area contributed by atoms with Crippen LogP contribution in [0.15, 0.2) is 36.4 Å². The van der Waals surface area contributed by atoms with Crippen LogP contribution < -0.4 is 0 Å². The van der Waals surface area contributed by atoms with Crippen molar-refractivity contribution < 1.29 is 0 Å². The molecule has 12 heavy (non-hydrogen) atoms. The molecule has 0 atom stereocenters. The van der Waals surface area contributed by atoms with Gasteiger partial charge in [0.1, 0.15) is 0 Å². The summed E-state index contributed by atoms with van der Waals surface area (Å²) in [6.45, 7) is 4.24. The highest BCUT2D eigenvalue weighted by molar-refractivity contribution is 9.10. The van der Waals surface area contributed by atoms with Crippen LogP contribution in [0, 0.1) is 0 Å². The van der Waals surface area contributed by atoms with Gasteiger partial charge in [-0.1, -0.05) is 58.4 Å². The molecule has 0 aliphatic rings. The van der Waals surface area contributed by atoms with Crippen molar-refractivity contribution in [2.75, 3.05) is 0 Å². The molecule has 0 unspecified atom stereocenters. The minimum atomic E-state index is 0.0862. The van der Waals surface area contributed by atoms with Crippen LogP contribution in [0.25, 0.3) is 6.08 Å². The van der Waals surface area contributed by atoms with Gasteiger partial charge in [0.25, 0.3) is 0 Å². The zero-order valence-corrected chi connectivity index (χ0v) is 9.01. The Bertz CT molecular complexity index is 254. The summed E-state index contributed by atoms with van der Waals surface area (Å²) in [6.07, 6.45) is 4.26. The first-order valence-corrected chi connectivity index (χ1v) is 4.80. The highest BCUT2D eigenvalue weighted by atomic mass is 79.9. The first kappa shape index (κ1) is 9.53. The van der Waals surface area contributed by atoms with Gasteiger partial charge in [-0.3, -0.25) is 0 Å². The van der Waals surface area contributed by atoms with Crippen molar-refractivity contribution in [1.29, 1.82) is 0 Å². The monoisotopic (exact) mass is 224 g/mol. The zero-order valence-electron chi connectivity index (χ0n) is 7.42. The number of benzene rings is 1. The van der Waals surface area contributed by atoms with Crippen LogP contribution in [0.1, 0.15) is 19.4 Å². The number of alkyl halides is 1. The minimum absolute atomic E-state index is 0.0862. The predicted molar refractivity (Wildman–Crippen MR) is 58.5 cm³/mol. The van der Waals surface area contributed by atoms with Crippen LogP contribution in [0.5, 0.6) is 0 Å². The lowest BCUT2D eigenvalue weighted by Gasteiger charge is -2.08. The molecule has 1 heteroatoms. The molecule has 0 aliphatic carbocycles. The normalized spacial score (nSPS) is 12.2. The van der Waals surface area contributed by atoms with Gasteiger partial charge in [-0.25, -0.2) is 0 Å². The van der Waals surface area contributed by atoms with Gasteiger partial charge in [-0.05, 0) is 19.4 Å². The highest BCUT2D eigenvalue weighted by Gasteiger charge is 2.05. The Hall–Kier alpha value is -0.560. The van der Waals surface area contributed by atoms with E-state index in [0.29, 0.717) is 0 Å². The fourth-order valence-corrected chi connectivity index (χ4v) is 0.991. The van der Waals surface area contributed by atoms with E-state index in [1.54, 1.807) is 0 Å². The standard InChI is InChI=1S/C11H13Br/c1-11(2,12)9-8-10-6-4-3-5-7-10/h3-9H,1-2H3. The molecule has 0 amide bonds. The molecule has 64 valence electrons. The quantitative estimate of drug-likeness (QED) is 0.670. The predicted octanol–water partition coefficient (Wildman–Crippen LogP) is 3.87. The highest BCUT2D eigenvalue weighted by Crippen LogP contribution is 2.18. The Morgan fingerprint density at radius 2 is 1.75 bits per heavy atom. The Kier molecular flexibility index (Phi) is 3.10. The van der Waals surface area contributed by atoms with Gasteiger partial charge >= 0.3 is 0 Å². The lowest BCUT2D eigenvalue weighted by atomic mass is 10.1. The van der Waals surface area contributed by atoms with Gasteiger partial charge in [0.15, 0.2) is 0 Å². The summed E-state index contributed by atoms with van der Waals surface area (Å²) in [4.78, 5) is 0. The van der Waals surface area contributed by atoms with Gasteiger partial charge in [0.05, 0.1) is 0 Å². The maximum atomic E-state index is 3.55. The van der Waals surface area contributed by atoms with Crippen LogP contribution in [-0.4, -0.2) is 4.32 Å². The molecule has 0 radical (unpaired) electrons. The molecule has 0 aromatic heterocycles. The second kappa shape index (κ2) is 3.90. The van der Waals surface area contributed by atoms with E-state index in [0.717, 1.165) is 0 Å². The van der Waals surface area contributed by atoms with Gasteiger partial charge in [-0.2, -0.15) is 0 Å². The number of hydrogen-bond acceptors (Lipinski definition) is 0. The van der Waals surface area contributed by atoms with Crippen LogP contribution in [-0.2, 0) is 0 Å². The number of halogens is 1. The molecule has 0 N–H and O–H groups in total. The van der Waals surface area contributed by atoms with Crippen LogP contribution in [0.2, 0.25) is 0 Å². The Balaban J connectivity index is 2.71. The second-order valence-electron chi connectivity index (χ2n) is 3.31. The maximum absolute atomic E-state index is 3.55. The van der Waals surface area contributed by atoms with E-state index < -0.39 is 0 Å². The Morgan fingerprint density at radius 1 is 1.17 bits per heavy atom. The molecule has 0 nitrogen and oxygen atoms in total. The van der Waals surface area contributed by atoms with Crippen LogP contribution in [0.4, 0.5) is 0 Å². The van der Waals surface area contributed by atoms with E-state index in [2.05, 4.69) is 54.1 Å². The molecule has 1 rings (SSSR count). The first-order valence-electron chi connectivity index (χ1n) is 4.01. The van der Waals surface area contributed by atoms with E-state index in [9.17, 15) is 0 Å². The first-order chi connectivity index (χ1) is 5.58. The summed E-state index contributed by atoms with van der Waals surface area (Å²) in [5.41, 5.74) is 1.24. The molecule has 0 spiro atoms. The maximum Gasteiger partial charge on any atom is 0.0383 e. The summed E-state index contributed by atoms with van der Waals surface area (Å²) in [6, 6.07) is 10.3. The van der Waals surface area contributed by atoms with E-state index in [4.69, 9.17) is 0 Å². The Morgan fingerprint density at radius 3 is 2.25 bits per heavy atom. The SMILES string of the molecule is CC(C)(Br)C=Cc1ccccc1. The molecular formula is C11H13Br. The van der Waals surface area contributed by atoms with Crippen molar-refractivity contribution in [3.05, 3.63) is 42.0 Å². The lowest BCUT2D eigenvalue weighted by molar-refractivity contribution is 0.926. The third-order valence-electron chi connectivity index (χ3n) is 1.47. The smallest absolute Gasteiger partial charge is 0.0383 e. The molecule has 0 aliphatic heterocycles. The number of rotatable bonds is 2. The zero-order chi connectivity index (χ0) is 9.03. The molecular weight excluding hydrogens is 212 g/mol. The average Bonchev–Trinajstić information content (AvgIpc) is 2.02. The molecule has 0 bridgehead atoms. The molecule has 0 heterocycles. The number of hydrogen-bond donors (Lipinski definition) is 0. The molecule has 0 saturated carbocycles. The van der Waals surface area contributed by atoms with Gasteiger partial charge < -0.3 is 0 Å². The summed E-state index contributed by atoms with van der Waals surface area (Å²) in [5, 5.41) is 0. The largest absolute Gasteiger partial charge is 0.0814 e. The topological polar surface area (TPSA) is 0 Å². The summed E-state index contributed by atoms with van der Waals surface area (Å²) < 4.78 is 0.0862. The van der Waals surface area contributed by atoms with Crippen LogP contribution in [0.3, 0.4) is 0 Å². The molecule has 1 aromatic carbocycles. The van der Waals surface area contributed by atoms with E-state index in [1.165, 1.54) is 5.56 Å². The van der Waals surface area contributed by atoms with Crippen molar-refractivity contribution in [2.24, 2.45) is 0 Å². The van der Waals surface area contributed by atoms with Crippen molar-refractivity contribution >= 4 is 22.0 Å². The fraction of sp³-hybridized carbons (Fsp3) is 0.273. The van der Waals surface area contributed by atoms with Crippen molar-refractivity contribution in [2.45, 2.75) is 18.2 Å². The molecule has 0 fully saturated rings. The third-order valence-corrected chi connectivity index (χ3v) is 1.74. The summed E-state index contributed by atoms with van der Waals surface area (Å²) in [7, 11) is 0. The van der Waals surface area contributed by atoms with E-state index in [1.807, 2.05) is 18.2 Å². The van der Waals surface area contributed by atoms with E-state index >= 15 is 0 Å². The summed E-state index contributed by atoms with van der Waals surface area (Å²) in [5.74, 6) is 0. The van der Waals surface area contributed by atoms with Gasteiger partial charge in [-0.15, -0.1) is 0 Å². The van der Waals surface area contributed by atoms with Crippen molar-refractivity contribution in [3.8, 4) is 0 Å². The van der Waals surface area contributed by atoms with Crippen molar-refractivity contribution in [1.82, 2.24) is 0 Å². The lowest BCUT2D eigenvalue weighted by Crippen LogP contribution is -2.02. The Labute approximate surface area is 82.4 Å². The fourth-order valence-electron chi connectivity index (χ4n) is 0.859. The average molecular weight is 225 g/mol.